The Hall–Kier alpha value is -0.950. The normalized spacial score (nSPS) is 12.4. The van der Waals surface area contributed by atoms with Crippen LogP contribution in [0.1, 0.15) is 245 Å². The molecule has 2 N–H and O–H groups in total. The molecule has 0 rings (SSSR count). The number of carbonyl (C=O) groups is 2. The van der Waals surface area contributed by atoms with E-state index >= 15 is 0 Å². The van der Waals surface area contributed by atoms with Gasteiger partial charge in [0.05, 0.1) is 6.61 Å². The molecule has 8 nitrogen and oxygen atoms in total. The fourth-order valence-corrected chi connectivity index (χ4v) is 7.27. The minimum Gasteiger partial charge on any atom is -0.462 e. The van der Waals surface area contributed by atoms with E-state index in [1.54, 1.807) is 0 Å². The number of rotatable bonds is 42. The quantitative estimate of drug-likeness (QED) is 0.0357. The van der Waals surface area contributed by atoms with Gasteiger partial charge in [-0.05, 0) is 18.8 Å². The second kappa shape index (κ2) is 39.3. The van der Waals surface area contributed by atoms with Gasteiger partial charge in [0.1, 0.15) is 6.61 Å². The Labute approximate surface area is 327 Å². The number of phosphoric acid groups is 1. The van der Waals surface area contributed by atoms with Crippen LogP contribution in [0.4, 0.5) is 0 Å². The fourth-order valence-electron chi connectivity index (χ4n) is 6.91. The van der Waals surface area contributed by atoms with E-state index in [0.717, 1.165) is 38.0 Å². The van der Waals surface area contributed by atoms with Gasteiger partial charge in [0.2, 0.25) is 0 Å². The Kier molecular flexibility index (Phi) is 38.6. The molecule has 0 aliphatic rings. The van der Waals surface area contributed by atoms with Crippen LogP contribution in [0.15, 0.2) is 0 Å². The van der Waals surface area contributed by atoms with E-state index in [2.05, 4.69) is 25.3 Å². The lowest BCUT2D eigenvalue weighted by Gasteiger charge is -2.18. The van der Waals surface area contributed by atoms with Gasteiger partial charge in [-0.1, -0.05) is 220 Å². The number of unbranched alkanes of at least 4 members (excludes halogenated alkanes) is 30. The van der Waals surface area contributed by atoms with Crippen molar-refractivity contribution in [3.8, 4) is 0 Å². The summed E-state index contributed by atoms with van der Waals surface area (Å²) < 4.78 is 26.5. The SMILES string of the molecule is CCCCCCCCCCCCCCCCCCC(=O)O[C@H](COC(=O)CCCCCCCCCCCCCCCCCCC(C)C)COP(=O)(O)O. The molecule has 0 unspecified atom stereocenters. The van der Waals surface area contributed by atoms with Gasteiger partial charge < -0.3 is 19.3 Å². The van der Waals surface area contributed by atoms with Crippen LogP contribution in [0.25, 0.3) is 0 Å². The summed E-state index contributed by atoms with van der Waals surface area (Å²) in [6.45, 7) is 6.08. The maximum absolute atomic E-state index is 12.4. The summed E-state index contributed by atoms with van der Waals surface area (Å²) in [6, 6.07) is 0. The Morgan fingerprint density at radius 1 is 0.472 bits per heavy atom. The zero-order valence-corrected chi connectivity index (χ0v) is 36.0. The van der Waals surface area contributed by atoms with Gasteiger partial charge in [-0.15, -0.1) is 0 Å². The van der Waals surface area contributed by atoms with Gasteiger partial charge in [0.15, 0.2) is 6.10 Å². The molecule has 316 valence electrons. The van der Waals surface area contributed by atoms with Crippen LogP contribution in [0.2, 0.25) is 0 Å². The maximum Gasteiger partial charge on any atom is 0.469 e. The standard InChI is InChI=1S/C44H87O8P/c1-4-5-6-7-8-9-10-11-12-16-20-23-26-29-32-35-38-44(46)52-42(40-51-53(47,48)49)39-50-43(45)37-34-31-28-25-22-19-17-14-13-15-18-21-24-27-30-33-36-41(2)3/h41-42H,4-40H2,1-3H3,(H2,47,48,49)/t42-/m1/s1. The molecule has 0 fully saturated rings. The van der Waals surface area contributed by atoms with Gasteiger partial charge in [-0.2, -0.15) is 0 Å². The first-order chi connectivity index (χ1) is 25.6. The van der Waals surface area contributed by atoms with Gasteiger partial charge in [0.25, 0.3) is 0 Å². The smallest absolute Gasteiger partial charge is 0.462 e. The highest BCUT2D eigenvalue weighted by Crippen LogP contribution is 2.36. The van der Waals surface area contributed by atoms with Gasteiger partial charge in [-0.3, -0.25) is 14.1 Å². The van der Waals surface area contributed by atoms with Crippen LogP contribution >= 0.6 is 7.82 Å². The third kappa shape index (κ3) is 43.6. The van der Waals surface area contributed by atoms with E-state index in [-0.39, 0.29) is 19.4 Å². The van der Waals surface area contributed by atoms with Crippen molar-refractivity contribution in [2.45, 2.75) is 252 Å². The summed E-state index contributed by atoms with van der Waals surface area (Å²) in [5, 5.41) is 0. The molecular weight excluding hydrogens is 687 g/mol. The second-order valence-electron chi connectivity index (χ2n) is 16.2. The Morgan fingerprint density at radius 3 is 1.13 bits per heavy atom. The van der Waals surface area contributed by atoms with E-state index < -0.39 is 32.5 Å². The van der Waals surface area contributed by atoms with Gasteiger partial charge in [0, 0.05) is 12.8 Å². The number of hydrogen-bond acceptors (Lipinski definition) is 6. The number of esters is 2. The molecule has 0 aliphatic carbocycles. The summed E-state index contributed by atoms with van der Waals surface area (Å²) >= 11 is 0. The number of hydrogen-bond donors (Lipinski definition) is 2. The Morgan fingerprint density at radius 2 is 0.792 bits per heavy atom. The van der Waals surface area contributed by atoms with Crippen LogP contribution in [0.5, 0.6) is 0 Å². The van der Waals surface area contributed by atoms with Crippen LogP contribution in [-0.2, 0) is 28.2 Å². The van der Waals surface area contributed by atoms with Crippen LogP contribution in [0.3, 0.4) is 0 Å². The van der Waals surface area contributed by atoms with Crippen LogP contribution in [0, 0.1) is 5.92 Å². The zero-order chi connectivity index (χ0) is 39.1. The summed E-state index contributed by atoms with van der Waals surface area (Å²) in [5.74, 6) is -0.0227. The first-order valence-corrected chi connectivity index (χ1v) is 24.2. The van der Waals surface area contributed by atoms with E-state index in [1.807, 2.05) is 0 Å². The average molecular weight is 775 g/mol. The van der Waals surface area contributed by atoms with Crippen molar-refractivity contribution in [2.24, 2.45) is 5.92 Å². The summed E-state index contributed by atoms with van der Waals surface area (Å²) in [5.41, 5.74) is 0. The first-order valence-electron chi connectivity index (χ1n) is 22.7. The molecule has 0 amide bonds. The van der Waals surface area contributed by atoms with Crippen LogP contribution < -0.4 is 0 Å². The van der Waals surface area contributed by atoms with Crippen molar-refractivity contribution in [2.75, 3.05) is 13.2 Å². The molecule has 0 radical (unpaired) electrons. The lowest BCUT2D eigenvalue weighted by Crippen LogP contribution is -2.29. The second-order valence-corrected chi connectivity index (χ2v) is 17.5. The van der Waals surface area contributed by atoms with Crippen molar-refractivity contribution in [3.63, 3.8) is 0 Å². The van der Waals surface area contributed by atoms with Crippen molar-refractivity contribution in [1.82, 2.24) is 0 Å². The molecule has 0 bridgehead atoms. The highest BCUT2D eigenvalue weighted by atomic mass is 31.2. The van der Waals surface area contributed by atoms with Crippen molar-refractivity contribution in [1.29, 1.82) is 0 Å². The largest absolute Gasteiger partial charge is 0.469 e. The Balaban J connectivity index is 3.82. The van der Waals surface area contributed by atoms with Crippen molar-refractivity contribution >= 4 is 19.8 Å². The van der Waals surface area contributed by atoms with Crippen molar-refractivity contribution < 1.29 is 37.9 Å². The minimum atomic E-state index is -4.75. The molecule has 53 heavy (non-hydrogen) atoms. The molecule has 1 atom stereocenters. The summed E-state index contributed by atoms with van der Waals surface area (Å²) in [6.07, 6.45) is 41.1. The number of phosphoric ester groups is 1. The average Bonchev–Trinajstić information content (AvgIpc) is 3.11. The molecule has 0 heterocycles. The van der Waals surface area contributed by atoms with Crippen molar-refractivity contribution in [3.05, 3.63) is 0 Å². The third-order valence-corrected chi connectivity index (χ3v) is 10.8. The lowest BCUT2D eigenvalue weighted by molar-refractivity contribution is -0.161. The fraction of sp³-hybridized carbons (Fsp3) is 0.955. The molecule has 0 aromatic carbocycles. The summed E-state index contributed by atoms with van der Waals surface area (Å²) in [4.78, 5) is 42.9. The van der Waals surface area contributed by atoms with Crippen LogP contribution in [-0.4, -0.2) is 41.0 Å². The summed E-state index contributed by atoms with van der Waals surface area (Å²) in [7, 11) is -4.75. The Bertz CT molecular complexity index is 845. The molecule has 0 aromatic heterocycles. The third-order valence-electron chi connectivity index (χ3n) is 10.3. The zero-order valence-electron chi connectivity index (χ0n) is 35.1. The molecular formula is C44H87O8P. The topological polar surface area (TPSA) is 119 Å². The van der Waals surface area contributed by atoms with Gasteiger partial charge >= 0.3 is 19.8 Å². The van der Waals surface area contributed by atoms with Gasteiger partial charge in [-0.25, -0.2) is 4.57 Å². The highest BCUT2D eigenvalue weighted by molar-refractivity contribution is 7.46. The molecule has 0 saturated carbocycles. The number of carbonyl (C=O) groups excluding carboxylic acids is 2. The van der Waals surface area contributed by atoms with E-state index in [1.165, 1.54) is 173 Å². The predicted molar refractivity (Wildman–Crippen MR) is 221 cm³/mol. The van der Waals surface area contributed by atoms with E-state index in [4.69, 9.17) is 19.3 Å². The highest BCUT2D eigenvalue weighted by Gasteiger charge is 2.23. The number of ether oxygens (including phenoxy) is 2. The maximum atomic E-state index is 12.4. The lowest BCUT2D eigenvalue weighted by atomic mass is 10.0. The van der Waals surface area contributed by atoms with E-state index in [9.17, 15) is 14.2 Å². The molecule has 0 saturated heterocycles. The predicted octanol–water partition coefficient (Wildman–Crippen LogP) is 13.9. The molecule has 0 aromatic rings. The molecule has 9 heteroatoms. The molecule has 0 aliphatic heterocycles. The van der Waals surface area contributed by atoms with E-state index in [0.29, 0.717) is 6.42 Å². The molecule has 0 spiro atoms. The first kappa shape index (κ1) is 52.0. The minimum absolute atomic E-state index is 0.220. The monoisotopic (exact) mass is 775 g/mol.